The topological polar surface area (TPSA) is 62.2 Å². The fourth-order valence-corrected chi connectivity index (χ4v) is 2.96. The summed E-state index contributed by atoms with van der Waals surface area (Å²) >= 11 is 1.44. The number of aromatic nitrogens is 1. The third-order valence-electron chi connectivity index (χ3n) is 3.08. The van der Waals surface area contributed by atoms with Crippen molar-refractivity contribution in [3.05, 3.63) is 60.8 Å². The number of benzene rings is 2. The van der Waals surface area contributed by atoms with Crippen molar-refractivity contribution in [2.45, 2.75) is 4.90 Å². The average molecular weight is 310 g/mol. The number of phenols is 1. The van der Waals surface area contributed by atoms with E-state index in [1.807, 2.05) is 30.3 Å². The summed E-state index contributed by atoms with van der Waals surface area (Å²) in [5.74, 6) is 0.290. The Bertz CT molecular complexity index is 815. The van der Waals surface area contributed by atoms with Crippen LogP contribution in [0.3, 0.4) is 0 Å². The molecule has 0 fully saturated rings. The third-order valence-corrected chi connectivity index (χ3v) is 4.13. The maximum atomic E-state index is 12.0. The van der Waals surface area contributed by atoms with E-state index in [9.17, 15) is 9.90 Å². The van der Waals surface area contributed by atoms with Gasteiger partial charge in [0.2, 0.25) is 5.91 Å². The van der Waals surface area contributed by atoms with Crippen LogP contribution in [0.5, 0.6) is 5.75 Å². The number of para-hydroxylation sites is 1. The van der Waals surface area contributed by atoms with Crippen LogP contribution in [-0.2, 0) is 4.79 Å². The van der Waals surface area contributed by atoms with Crippen LogP contribution in [0.4, 0.5) is 5.69 Å². The van der Waals surface area contributed by atoms with E-state index in [0.29, 0.717) is 5.69 Å². The molecule has 0 atom stereocenters. The summed E-state index contributed by atoms with van der Waals surface area (Å²) in [5, 5.41) is 13.2. The van der Waals surface area contributed by atoms with Gasteiger partial charge >= 0.3 is 0 Å². The van der Waals surface area contributed by atoms with Crippen LogP contribution >= 0.6 is 11.8 Å². The van der Waals surface area contributed by atoms with E-state index in [-0.39, 0.29) is 17.4 Å². The van der Waals surface area contributed by atoms with Crippen LogP contribution in [0.25, 0.3) is 10.9 Å². The zero-order valence-corrected chi connectivity index (χ0v) is 12.5. The molecule has 0 radical (unpaired) electrons. The number of anilines is 1. The van der Waals surface area contributed by atoms with Crippen molar-refractivity contribution < 1.29 is 9.90 Å². The minimum Gasteiger partial charge on any atom is -0.508 e. The van der Waals surface area contributed by atoms with Gasteiger partial charge in [-0.25, -0.2) is 0 Å². The van der Waals surface area contributed by atoms with Gasteiger partial charge in [0.15, 0.2) is 0 Å². The first-order valence-electron chi connectivity index (χ1n) is 6.78. The van der Waals surface area contributed by atoms with Crippen LogP contribution < -0.4 is 5.32 Å². The van der Waals surface area contributed by atoms with Crippen molar-refractivity contribution in [3.63, 3.8) is 0 Å². The SMILES string of the molecule is O=C(CSc1cccc2cccnc12)Nc1cccc(O)c1. The molecule has 1 aromatic heterocycles. The van der Waals surface area contributed by atoms with Gasteiger partial charge in [0, 0.05) is 28.2 Å². The normalized spacial score (nSPS) is 10.5. The molecule has 0 spiro atoms. The second kappa shape index (κ2) is 6.49. The zero-order valence-electron chi connectivity index (χ0n) is 11.7. The van der Waals surface area contributed by atoms with Crippen LogP contribution in [0.2, 0.25) is 0 Å². The molecule has 110 valence electrons. The average Bonchev–Trinajstić information content (AvgIpc) is 2.53. The number of aromatic hydroxyl groups is 1. The summed E-state index contributed by atoms with van der Waals surface area (Å²) in [4.78, 5) is 17.3. The van der Waals surface area contributed by atoms with E-state index in [0.717, 1.165) is 15.8 Å². The molecule has 0 saturated heterocycles. The number of hydrogen-bond donors (Lipinski definition) is 2. The molecule has 5 heteroatoms. The van der Waals surface area contributed by atoms with Crippen molar-refractivity contribution in [1.82, 2.24) is 4.98 Å². The van der Waals surface area contributed by atoms with Gasteiger partial charge in [0.1, 0.15) is 5.75 Å². The Balaban J connectivity index is 1.68. The van der Waals surface area contributed by atoms with Gasteiger partial charge in [-0.1, -0.05) is 24.3 Å². The molecule has 22 heavy (non-hydrogen) atoms. The number of thioether (sulfide) groups is 1. The highest BCUT2D eigenvalue weighted by Crippen LogP contribution is 2.26. The highest BCUT2D eigenvalue weighted by Gasteiger charge is 2.07. The van der Waals surface area contributed by atoms with Crippen LogP contribution in [0.15, 0.2) is 65.7 Å². The van der Waals surface area contributed by atoms with E-state index in [4.69, 9.17) is 0 Å². The standard InChI is InChI=1S/C17H14N2O2S/c20-14-7-2-6-13(10-14)19-16(21)11-22-15-8-1-4-12-5-3-9-18-17(12)15/h1-10,20H,11H2,(H,19,21). The van der Waals surface area contributed by atoms with Crippen molar-refractivity contribution in [2.75, 3.05) is 11.1 Å². The first-order valence-corrected chi connectivity index (χ1v) is 7.76. The number of fused-ring (bicyclic) bond motifs is 1. The fraction of sp³-hybridized carbons (Fsp3) is 0.0588. The van der Waals surface area contributed by atoms with E-state index in [2.05, 4.69) is 10.3 Å². The Morgan fingerprint density at radius 3 is 2.82 bits per heavy atom. The number of hydrogen-bond acceptors (Lipinski definition) is 4. The maximum absolute atomic E-state index is 12.0. The number of rotatable bonds is 4. The lowest BCUT2D eigenvalue weighted by molar-refractivity contribution is -0.113. The number of phenolic OH excluding ortho intramolecular Hbond substituents is 1. The smallest absolute Gasteiger partial charge is 0.234 e. The molecule has 1 amide bonds. The fourth-order valence-electron chi connectivity index (χ4n) is 2.12. The molecule has 0 aliphatic carbocycles. The molecule has 3 aromatic rings. The van der Waals surface area contributed by atoms with Crippen molar-refractivity contribution in [1.29, 1.82) is 0 Å². The van der Waals surface area contributed by atoms with Gasteiger partial charge in [0.05, 0.1) is 11.3 Å². The minimum absolute atomic E-state index is 0.122. The van der Waals surface area contributed by atoms with Crippen molar-refractivity contribution in [3.8, 4) is 5.75 Å². The highest BCUT2D eigenvalue weighted by atomic mass is 32.2. The summed E-state index contributed by atoms with van der Waals surface area (Å²) < 4.78 is 0. The highest BCUT2D eigenvalue weighted by molar-refractivity contribution is 8.00. The third kappa shape index (κ3) is 3.38. The monoisotopic (exact) mass is 310 g/mol. The Labute approximate surface area is 132 Å². The number of carbonyl (C=O) groups excluding carboxylic acids is 1. The van der Waals surface area contributed by atoms with Gasteiger partial charge in [-0.15, -0.1) is 11.8 Å². The van der Waals surface area contributed by atoms with Gasteiger partial charge in [0.25, 0.3) is 0 Å². The van der Waals surface area contributed by atoms with E-state index >= 15 is 0 Å². The number of nitrogens with one attached hydrogen (secondary N) is 1. The Hall–Kier alpha value is -2.53. The molecule has 1 heterocycles. The van der Waals surface area contributed by atoms with E-state index < -0.39 is 0 Å². The Morgan fingerprint density at radius 2 is 1.95 bits per heavy atom. The summed E-state index contributed by atoms with van der Waals surface area (Å²) in [7, 11) is 0. The lowest BCUT2D eigenvalue weighted by atomic mass is 10.2. The first kappa shape index (κ1) is 14.4. The molecular weight excluding hydrogens is 296 g/mol. The second-order valence-electron chi connectivity index (χ2n) is 4.72. The molecule has 4 nitrogen and oxygen atoms in total. The lowest BCUT2D eigenvalue weighted by Gasteiger charge is -2.07. The molecule has 0 saturated carbocycles. The summed E-state index contributed by atoms with van der Waals surface area (Å²) in [5.41, 5.74) is 1.49. The molecule has 0 aliphatic heterocycles. The molecule has 0 bridgehead atoms. The van der Waals surface area contributed by atoms with Gasteiger partial charge in [-0.3, -0.25) is 9.78 Å². The van der Waals surface area contributed by atoms with Crippen LogP contribution in [0.1, 0.15) is 0 Å². The van der Waals surface area contributed by atoms with Crippen LogP contribution in [0, 0.1) is 0 Å². The molecule has 0 unspecified atom stereocenters. The summed E-state index contributed by atoms with van der Waals surface area (Å²) in [6.45, 7) is 0. The predicted octanol–water partition coefficient (Wildman–Crippen LogP) is 3.67. The van der Waals surface area contributed by atoms with Gasteiger partial charge < -0.3 is 10.4 Å². The Morgan fingerprint density at radius 1 is 1.14 bits per heavy atom. The second-order valence-corrected chi connectivity index (χ2v) is 5.74. The molecule has 2 N–H and O–H groups in total. The van der Waals surface area contributed by atoms with Crippen LogP contribution in [-0.4, -0.2) is 21.8 Å². The number of carbonyl (C=O) groups is 1. The van der Waals surface area contributed by atoms with Crippen molar-refractivity contribution >= 4 is 34.3 Å². The van der Waals surface area contributed by atoms with Gasteiger partial charge in [-0.2, -0.15) is 0 Å². The predicted molar refractivity (Wildman–Crippen MR) is 89.2 cm³/mol. The first-order chi connectivity index (χ1) is 10.7. The van der Waals surface area contributed by atoms with Crippen molar-refractivity contribution in [2.24, 2.45) is 0 Å². The molecule has 0 aliphatic rings. The van der Waals surface area contributed by atoms with E-state index in [1.54, 1.807) is 24.4 Å². The minimum atomic E-state index is -0.122. The number of pyridine rings is 1. The number of nitrogens with zero attached hydrogens (tertiary/aromatic N) is 1. The zero-order chi connectivity index (χ0) is 15.4. The molecule has 2 aromatic carbocycles. The molecule has 3 rings (SSSR count). The summed E-state index contributed by atoms with van der Waals surface area (Å²) in [6, 6.07) is 16.3. The number of amides is 1. The van der Waals surface area contributed by atoms with E-state index in [1.165, 1.54) is 17.8 Å². The quantitative estimate of drug-likeness (QED) is 0.722. The van der Waals surface area contributed by atoms with Gasteiger partial charge in [-0.05, 0) is 24.3 Å². The Kier molecular flexibility index (Phi) is 4.25. The maximum Gasteiger partial charge on any atom is 0.234 e. The largest absolute Gasteiger partial charge is 0.508 e. The lowest BCUT2D eigenvalue weighted by Crippen LogP contribution is -2.13. The molecular formula is C17H14N2O2S. The summed E-state index contributed by atoms with van der Waals surface area (Å²) in [6.07, 6.45) is 1.75.